The second-order valence-corrected chi connectivity index (χ2v) is 0. The molecule has 1 radical (unpaired) electrons. The van der Waals surface area contributed by atoms with Crippen molar-refractivity contribution in [3.05, 3.63) is 0 Å². The van der Waals surface area contributed by atoms with Gasteiger partial charge in [0.15, 0.2) is 0 Å². The second-order valence-electron chi connectivity index (χ2n) is 0. The fourth-order valence-electron chi connectivity index (χ4n) is 0. The van der Waals surface area contributed by atoms with Crippen molar-refractivity contribution in [1.82, 2.24) is 0 Å². The smallest absolute Gasteiger partial charge is 1.00 e. The third kappa shape index (κ3) is 117. The summed E-state index contributed by atoms with van der Waals surface area (Å²) >= 11 is 0. The Morgan fingerprint density at radius 2 is 0.500 bits per heavy atom. The summed E-state index contributed by atoms with van der Waals surface area (Å²) in [6, 6.07) is 0. The molecule has 6 heavy (non-hydrogen) atoms. The van der Waals surface area contributed by atoms with E-state index in [1.54, 1.807) is 0 Å². The van der Waals surface area contributed by atoms with Crippen LogP contribution in [-0.4, -0.2) is 0 Å². The summed E-state index contributed by atoms with van der Waals surface area (Å²) in [7, 11) is 0. The molecule has 0 N–H and O–H groups in total. The molecule has 0 aliphatic rings. The Hall–Kier alpha value is 0.759. The van der Waals surface area contributed by atoms with E-state index in [0.717, 1.165) is 0 Å². The molecule has 0 amide bonds. The SMILES string of the molecule is [F-].[F-].[F-].[F-].[Fe+2].[Mn+2]. The summed E-state index contributed by atoms with van der Waals surface area (Å²) in [6.07, 6.45) is 0. The van der Waals surface area contributed by atoms with Gasteiger partial charge in [-0.3, -0.25) is 0 Å². The van der Waals surface area contributed by atoms with Crippen molar-refractivity contribution < 1.29 is 53.0 Å². The van der Waals surface area contributed by atoms with Crippen LogP contribution >= 0.6 is 0 Å². The normalized spacial score (nSPS) is 0. The van der Waals surface area contributed by atoms with Gasteiger partial charge in [0.05, 0.1) is 0 Å². The van der Waals surface area contributed by atoms with Crippen LogP contribution in [0.3, 0.4) is 0 Å². The molecule has 6 heteroatoms. The fourth-order valence-corrected chi connectivity index (χ4v) is 0. The molecule has 0 aliphatic carbocycles. The van der Waals surface area contributed by atoms with Crippen molar-refractivity contribution in [2.45, 2.75) is 0 Å². The Kier molecular flexibility index (Phi) is 14700. The van der Waals surface area contributed by atoms with Crippen LogP contribution in [0, 0.1) is 0 Å². The molecular formula is F4FeMn. The molecule has 0 spiro atoms. The molecule has 0 aromatic heterocycles. The van der Waals surface area contributed by atoms with E-state index in [4.69, 9.17) is 0 Å². The molecule has 0 rings (SSSR count). The minimum absolute atomic E-state index is 0. The number of hydrogen-bond donors (Lipinski definition) is 0. The average Bonchev–Trinajstić information content (AvgIpc) is 0. The Bertz CT molecular complexity index is 7.51. The zero-order valence-corrected chi connectivity index (χ0v) is 4.53. The van der Waals surface area contributed by atoms with Crippen molar-refractivity contribution >= 4 is 0 Å². The van der Waals surface area contributed by atoms with Gasteiger partial charge < -0.3 is 18.8 Å². The van der Waals surface area contributed by atoms with Gasteiger partial charge in [-0.1, -0.05) is 0 Å². The van der Waals surface area contributed by atoms with Crippen LogP contribution in [-0.2, 0) is 34.1 Å². The van der Waals surface area contributed by atoms with E-state index in [9.17, 15) is 0 Å². The molecular weight excluding hydrogens is 187 g/mol. The number of hydrogen-bond acceptors (Lipinski definition) is 0. The molecule has 43 valence electrons. The van der Waals surface area contributed by atoms with E-state index in [1.165, 1.54) is 0 Å². The monoisotopic (exact) mass is 187 g/mol. The first kappa shape index (κ1) is 389. The summed E-state index contributed by atoms with van der Waals surface area (Å²) in [4.78, 5) is 0. The molecule has 0 unspecified atom stereocenters. The van der Waals surface area contributed by atoms with Gasteiger partial charge >= 0.3 is 34.1 Å². The van der Waals surface area contributed by atoms with Gasteiger partial charge in [0, 0.05) is 0 Å². The van der Waals surface area contributed by atoms with E-state index < -0.39 is 0 Å². The van der Waals surface area contributed by atoms with Gasteiger partial charge in [0.25, 0.3) is 0 Å². The Morgan fingerprint density at radius 1 is 0.500 bits per heavy atom. The first-order valence-corrected chi connectivity index (χ1v) is 0. The van der Waals surface area contributed by atoms with E-state index in [1.807, 2.05) is 0 Å². The molecule has 0 heterocycles. The van der Waals surface area contributed by atoms with Crippen LogP contribution in [0.1, 0.15) is 0 Å². The molecule has 0 nitrogen and oxygen atoms in total. The fraction of sp³-hybridized carbons (Fsp3) is 0. The van der Waals surface area contributed by atoms with Gasteiger partial charge in [0.1, 0.15) is 0 Å². The number of halogens is 4. The van der Waals surface area contributed by atoms with Crippen LogP contribution in [0.4, 0.5) is 0 Å². The minimum Gasteiger partial charge on any atom is -1.00 e. The predicted octanol–water partition coefficient (Wildman–Crippen LogP) is -12.0. The third-order valence-corrected chi connectivity index (χ3v) is 0. The third-order valence-electron chi connectivity index (χ3n) is 0. The summed E-state index contributed by atoms with van der Waals surface area (Å²) < 4.78 is 0. The van der Waals surface area contributed by atoms with Gasteiger partial charge in [-0.25, -0.2) is 0 Å². The van der Waals surface area contributed by atoms with E-state index >= 15 is 0 Å². The maximum absolute atomic E-state index is 0. The first-order valence-electron chi connectivity index (χ1n) is 0. The molecule has 0 bridgehead atoms. The van der Waals surface area contributed by atoms with E-state index in [2.05, 4.69) is 0 Å². The summed E-state index contributed by atoms with van der Waals surface area (Å²) in [5.74, 6) is 0. The van der Waals surface area contributed by atoms with Crippen LogP contribution in [0.2, 0.25) is 0 Å². The van der Waals surface area contributed by atoms with Gasteiger partial charge in [-0.2, -0.15) is 0 Å². The molecule has 0 saturated carbocycles. The van der Waals surface area contributed by atoms with Crippen molar-refractivity contribution in [3.63, 3.8) is 0 Å². The van der Waals surface area contributed by atoms with E-state index in [0.29, 0.717) is 0 Å². The van der Waals surface area contributed by atoms with Gasteiger partial charge in [-0.05, 0) is 0 Å². The van der Waals surface area contributed by atoms with Crippen LogP contribution in [0.25, 0.3) is 0 Å². The molecule has 0 atom stereocenters. The quantitative estimate of drug-likeness (QED) is 0.261. The Morgan fingerprint density at radius 3 is 0.500 bits per heavy atom. The van der Waals surface area contributed by atoms with Crippen molar-refractivity contribution in [2.24, 2.45) is 0 Å². The largest absolute Gasteiger partial charge is 2.00 e. The van der Waals surface area contributed by atoms with Crippen LogP contribution in [0.15, 0.2) is 0 Å². The summed E-state index contributed by atoms with van der Waals surface area (Å²) in [5.41, 5.74) is 0. The van der Waals surface area contributed by atoms with Crippen molar-refractivity contribution in [1.29, 1.82) is 0 Å². The summed E-state index contributed by atoms with van der Waals surface area (Å²) in [6.45, 7) is 0. The molecule has 0 saturated heterocycles. The van der Waals surface area contributed by atoms with Crippen LogP contribution < -0.4 is 18.8 Å². The first-order chi connectivity index (χ1) is 0. The summed E-state index contributed by atoms with van der Waals surface area (Å²) in [5, 5.41) is 0. The van der Waals surface area contributed by atoms with E-state index in [-0.39, 0.29) is 53.0 Å². The average molecular weight is 187 g/mol. The maximum atomic E-state index is 0. The van der Waals surface area contributed by atoms with Crippen molar-refractivity contribution in [2.75, 3.05) is 0 Å². The zero-order chi connectivity index (χ0) is 0. The molecule has 0 aliphatic heterocycles. The standard InChI is InChI=1S/4FH.Fe.Mn/h4*1H;;/q;;;;2*+2/p-4. The molecule has 0 fully saturated rings. The second kappa shape index (κ2) is 226. The number of rotatable bonds is 0. The van der Waals surface area contributed by atoms with Crippen molar-refractivity contribution in [3.8, 4) is 0 Å². The topological polar surface area (TPSA) is 0 Å². The Labute approximate surface area is 53.5 Å². The van der Waals surface area contributed by atoms with Crippen LogP contribution in [0.5, 0.6) is 0 Å². The maximum Gasteiger partial charge on any atom is 2.00 e. The van der Waals surface area contributed by atoms with Gasteiger partial charge in [-0.15, -0.1) is 0 Å². The molecule has 0 aromatic carbocycles. The molecule has 0 aromatic rings. The Balaban J connectivity index is 0. The predicted molar refractivity (Wildman–Crippen MR) is 0 cm³/mol. The zero-order valence-electron chi connectivity index (χ0n) is 2.24. The minimum atomic E-state index is 0. The van der Waals surface area contributed by atoms with Gasteiger partial charge in [0.2, 0.25) is 0 Å².